The van der Waals surface area contributed by atoms with Crippen molar-refractivity contribution in [3.63, 3.8) is 0 Å². The summed E-state index contributed by atoms with van der Waals surface area (Å²) in [6.07, 6.45) is 3.19. The second-order valence-electron chi connectivity index (χ2n) is 7.83. The largest absolute Gasteiger partial charge is 0.339 e. The molecule has 0 bridgehead atoms. The van der Waals surface area contributed by atoms with Gasteiger partial charge in [-0.15, -0.1) is 11.3 Å². The zero-order valence-corrected chi connectivity index (χ0v) is 20.0. The lowest BCUT2D eigenvalue weighted by molar-refractivity contribution is 0.102. The van der Waals surface area contributed by atoms with Crippen molar-refractivity contribution in [2.45, 2.75) is 6.92 Å². The molecular weight excluding hydrogens is 458 g/mol. The minimum Gasteiger partial charge on any atom is -0.339 e. The maximum atomic E-state index is 12.6. The number of amides is 1. The number of rotatable bonds is 7. The van der Waals surface area contributed by atoms with Crippen molar-refractivity contribution in [1.29, 1.82) is 0 Å². The number of aryl methyl sites for hydroxylation is 1. The minimum atomic E-state index is -0.201. The summed E-state index contributed by atoms with van der Waals surface area (Å²) in [4.78, 5) is 26.1. The first kappa shape index (κ1) is 22.5. The van der Waals surface area contributed by atoms with E-state index in [1.165, 1.54) is 0 Å². The molecule has 0 saturated carbocycles. The smallest absolute Gasteiger partial charge is 0.255 e. The van der Waals surface area contributed by atoms with Crippen molar-refractivity contribution in [1.82, 2.24) is 20.4 Å². The number of carbonyl (C=O) groups is 1. The summed E-state index contributed by atoms with van der Waals surface area (Å²) in [6.45, 7) is 2.04. The Balaban J connectivity index is 1.45. The highest BCUT2D eigenvalue weighted by molar-refractivity contribution is 7.17. The lowest BCUT2D eigenvalue weighted by Crippen LogP contribution is -2.15. The van der Waals surface area contributed by atoms with Gasteiger partial charge in [0.2, 0.25) is 0 Å². The highest BCUT2D eigenvalue weighted by atomic mass is 32.1. The van der Waals surface area contributed by atoms with Gasteiger partial charge in [-0.3, -0.25) is 9.78 Å². The standard InChI is InChI=1S/C26H23N7OS/c1-16-14-20(6-7-21(16)33-27-2)29-25-23-22(10-13-35-23)31-24(32-25)18-4-3-5-19(15-18)30-26(34)17-8-11-28-12-9-17/h3-15,27,33H,1-2H3,(H,30,34)(H,29,31,32). The molecule has 174 valence electrons. The topological polar surface area (TPSA) is 104 Å². The van der Waals surface area contributed by atoms with Gasteiger partial charge in [-0.05, 0) is 66.4 Å². The van der Waals surface area contributed by atoms with Crippen LogP contribution in [0.3, 0.4) is 0 Å². The number of benzene rings is 2. The number of hydrogen-bond acceptors (Lipinski definition) is 8. The lowest BCUT2D eigenvalue weighted by atomic mass is 10.1. The van der Waals surface area contributed by atoms with Crippen molar-refractivity contribution in [3.05, 3.63) is 89.6 Å². The fourth-order valence-corrected chi connectivity index (χ4v) is 4.45. The maximum absolute atomic E-state index is 12.6. The van der Waals surface area contributed by atoms with Crippen LogP contribution in [0, 0.1) is 6.92 Å². The number of hydrazine groups is 1. The van der Waals surface area contributed by atoms with Crippen LogP contribution in [0.15, 0.2) is 78.4 Å². The molecule has 0 radical (unpaired) electrons. The number of nitrogens with one attached hydrogen (secondary N) is 4. The summed E-state index contributed by atoms with van der Waals surface area (Å²) in [6, 6.07) is 18.9. The number of thiophene rings is 1. The zero-order valence-electron chi connectivity index (χ0n) is 19.2. The third-order valence-electron chi connectivity index (χ3n) is 5.37. The Morgan fingerprint density at radius 1 is 0.943 bits per heavy atom. The Kier molecular flexibility index (Phi) is 6.34. The van der Waals surface area contributed by atoms with E-state index in [0.29, 0.717) is 17.1 Å². The fraction of sp³-hybridized carbons (Fsp3) is 0.0769. The maximum Gasteiger partial charge on any atom is 0.255 e. The second kappa shape index (κ2) is 9.88. The fourth-order valence-electron chi connectivity index (χ4n) is 3.67. The molecular formula is C26H23N7OS. The van der Waals surface area contributed by atoms with E-state index in [0.717, 1.165) is 38.5 Å². The number of anilines is 4. The van der Waals surface area contributed by atoms with Crippen LogP contribution < -0.4 is 21.5 Å². The Labute approximate surface area is 206 Å². The molecule has 0 aliphatic heterocycles. The van der Waals surface area contributed by atoms with E-state index < -0.39 is 0 Å². The predicted octanol–water partition coefficient (Wildman–Crippen LogP) is 5.60. The predicted molar refractivity (Wildman–Crippen MR) is 142 cm³/mol. The number of fused-ring (bicyclic) bond motifs is 1. The molecule has 0 atom stereocenters. The van der Waals surface area contributed by atoms with E-state index in [1.807, 2.05) is 61.8 Å². The molecule has 8 nitrogen and oxygen atoms in total. The highest BCUT2D eigenvalue weighted by Gasteiger charge is 2.13. The van der Waals surface area contributed by atoms with Crippen LogP contribution in [0.4, 0.5) is 22.9 Å². The van der Waals surface area contributed by atoms with Crippen molar-refractivity contribution in [2.24, 2.45) is 0 Å². The summed E-state index contributed by atoms with van der Waals surface area (Å²) in [5.41, 5.74) is 12.0. The molecule has 5 rings (SSSR count). The lowest BCUT2D eigenvalue weighted by Gasteiger charge is -2.13. The average Bonchev–Trinajstić information content (AvgIpc) is 3.36. The Morgan fingerprint density at radius 3 is 2.60 bits per heavy atom. The highest BCUT2D eigenvalue weighted by Crippen LogP contribution is 2.32. The van der Waals surface area contributed by atoms with Gasteiger partial charge in [0.15, 0.2) is 11.6 Å². The second-order valence-corrected chi connectivity index (χ2v) is 8.75. The molecule has 4 N–H and O–H groups in total. The van der Waals surface area contributed by atoms with Crippen LogP contribution in [0.5, 0.6) is 0 Å². The molecule has 3 aromatic heterocycles. The monoisotopic (exact) mass is 481 g/mol. The Hall–Kier alpha value is -4.34. The van der Waals surface area contributed by atoms with Gasteiger partial charge in [0.05, 0.1) is 15.9 Å². The molecule has 3 heterocycles. The van der Waals surface area contributed by atoms with Crippen LogP contribution in [-0.2, 0) is 0 Å². The normalized spacial score (nSPS) is 10.8. The summed E-state index contributed by atoms with van der Waals surface area (Å²) >= 11 is 1.59. The number of nitrogens with zero attached hydrogens (tertiary/aromatic N) is 3. The summed E-state index contributed by atoms with van der Waals surface area (Å²) in [7, 11) is 1.83. The molecule has 0 spiro atoms. The van der Waals surface area contributed by atoms with Gasteiger partial charge in [0.1, 0.15) is 0 Å². The van der Waals surface area contributed by atoms with E-state index in [9.17, 15) is 4.79 Å². The Bertz CT molecular complexity index is 1500. The van der Waals surface area contributed by atoms with Crippen LogP contribution in [0.2, 0.25) is 0 Å². The zero-order chi connectivity index (χ0) is 24.2. The molecule has 5 aromatic rings. The van der Waals surface area contributed by atoms with E-state index >= 15 is 0 Å². The first-order valence-corrected chi connectivity index (χ1v) is 11.9. The quantitative estimate of drug-likeness (QED) is 0.224. The van der Waals surface area contributed by atoms with E-state index in [1.54, 1.807) is 35.9 Å². The molecule has 0 saturated heterocycles. The van der Waals surface area contributed by atoms with Crippen molar-refractivity contribution < 1.29 is 4.79 Å². The minimum absolute atomic E-state index is 0.201. The van der Waals surface area contributed by atoms with Gasteiger partial charge in [0, 0.05) is 41.9 Å². The van der Waals surface area contributed by atoms with Crippen LogP contribution in [0.25, 0.3) is 21.6 Å². The van der Waals surface area contributed by atoms with Crippen molar-refractivity contribution in [2.75, 3.05) is 23.1 Å². The van der Waals surface area contributed by atoms with E-state index in [-0.39, 0.29) is 5.91 Å². The first-order chi connectivity index (χ1) is 17.1. The molecule has 1 amide bonds. The molecule has 35 heavy (non-hydrogen) atoms. The number of hydrogen-bond donors (Lipinski definition) is 4. The summed E-state index contributed by atoms with van der Waals surface area (Å²) in [5, 5.41) is 8.39. The van der Waals surface area contributed by atoms with Gasteiger partial charge in [0.25, 0.3) is 5.91 Å². The van der Waals surface area contributed by atoms with Gasteiger partial charge >= 0.3 is 0 Å². The van der Waals surface area contributed by atoms with E-state index in [4.69, 9.17) is 9.97 Å². The Morgan fingerprint density at radius 2 is 1.80 bits per heavy atom. The van der Waals surface area contributed by atoms with Crippen LogP contribution in [-0.4, -0.2) is 27.9 Å². The van der Waals surface area contributed by atoms with Gasteiger partial charge in [-0.25, -0.2) is 15.4 Å². The SMILES string of the molecule is CNNc1ccc(Nc2nc(-c3cccc(NC(=O)c4ccncc4)c3)nc3ccsc23)cc1C. The van der Waals surface area contributed by atoms with Gasteiger partial charge in [-0.2, -0.15) is 0 Å². The number of carbonyl (C=O) groups excluding carboxylic acids is 1. The summed E-state index contributed by atoms with van der Waals surface area (Å²) in [5.74, 6) is 1.11. The molecule has 0 unspecified atom stereocenters. The molecule has 0 fully saturated rings. The number of pyridine rings is 1. The molecule has 9 heteroatoms. The molecule has 2 aromatic carbocycles. The van der Waals surface area contributed by atoms with E-state index in [2.05, 4.69) is 32.5 Å². The third-order valence-corrected chi connectivity index (χ3v) is 6.28. The molecule has 0 aliphatic carbocycles. The van der Waals surface area contributed by atoms with Gasteiger partial charge in [-0.1, -0.05) is 12.1 Å². The van der Waals surface area contributed by atoms with Crippen LogP contribution in [0.1, 0.15) is 15.9 Å². The summed E-state index contributed by atoms with van der Waals surface area (Å²) < 4.78 is 0.978. The third kappa shape index (κ3) is 4.96. The number of aromatic nitrogens is 3. The van der Waals surface area contributed by atoms with Gasteiger partial charge < -0.3 is 16.1 Å². The van der Waals surface area contributed by atoms with Crippen molar-refractivity contribution in [3.8, 4) is 11.4 Å². The average molecular weight is 482 g/mol. The van der Waals surface area contributed by atoms with Crippen LogP contribution >= 0.6 is 11.3 Å². The molecule has 0 aliphatic rings. The van der Waals surface area contributed by atoms with Crippen molar-refractivity contribution >= 4 is 50.3 Å². The first-order valence-electron chi connectivity index (χ1n) is 11.0.